The summed E-state index contributed by atoms with van der Waals surface area (Å²) in [5, 5.41) is 14.7. The van der Waals surface area contributed by atoms with E-state index in [-0.39, 0.29) is 5.91 Å². The normalized spacial score (nSPS) is 13.5. The Hall–Kier alpha value is -2.85. The minimum absolute atomic E-state index is 0.0587. The number of carboxylic acid groups (broad SMARTS) is 1. The first-order valence-corrected chi connectivity index (χ1v) is 9.51. The lowest BCUT2D eigenvalue weighted by molar-refractivity contribution is -0.134. The molecule has 0 aliphatic carbocycles. The van der Waals surface area contributed by atoms with Crippen LogP contribution in [0.3, 0.4) is 0 Å². The lowest BCUT2D eigenvalue weighted by Crippen LogP contribution is -2.49. The molecular formula is C18H25ClN6O4. The van der Waals surface area contributed by atoms with Crippen molar-refractivity contribution in [1.82, 2.24) is 20.1 Å². The van der Waals surface area contributed by atoms with Crippen molar-refractivity contribution >= 4 is 29.4 Å². The van der Waals surface area contributed by atoms with E-state index >= 15 is 0 Å². The first kappa shape index (κ1) is 22.4. The van der Waals surface area contributed by atoms with Crippen molar-refractivity contribution in [2.75, 3.05) is 44.2 Å². The van der Waals surface area contributed by atoms with E-state index in [2.05, 4.69) is 20.1 Å². The highest BCUT2D eigenvalue weighted by molar-refractivity contribution is 6.30. The third-order valence-electron chi connectivity index (χ3n) is 4.05. The van der Waals surface area contributed by atoms with Crippen LogP contribution < -0.4 is 15.4 Å². The molecule has 1 saturated heterocycles. The number of carbonyl (C=O) groups is 2. The summed E-state index contributed by atoms with van der Waals surface area (Å²) in [4.78, 5) is 29.9. The predicted octanol–water partition coefficient (Wildman–Crippen LogP) is 1.24. The zero-order chi connectivity index (χ0) is 21.2. The molecule has 3 rings (SSSR count). The lowest BCUT2D eigenvalue weighted by atomic mass is 10.1. The van der Waals surface area contributed by atoms with Gasteiger partial charge >= 0.3 is 0 Å². The van der Waals surface area contributed by atoms with Gasteiger partial charge < -0.3 is 25.4 Å². The molecule has 0 radical (unpaired) electrons. The van der Waals surface area contributed by atoms with E-state index in [0.29, 0.717) is 55.7 Å². The number of carboxylic acids is 1. The third-order valence-corrected chi connectivity index (χ3v) is 4.28. The summed E-state index contributed by atoms with van der Waals surface area (Å²) < 4.78 is 5.70. The Morgan fingerprint density at radius 2 is 2.00 bits per heavy atom. The summed E-state index contributed by atoms with van der Waals surface area (Å²) in [7, 11) is 0. The number of hydrogen-bond acceptors (Lipinski definition) is 7. The molecule has 2 aromatic rings. The van der Waals surface area contributed by atoms with Gasteiger partial charge in [-0.05, 0) is 31.2 Å². The van der Waals surface area contributed by atoms with Gasteiger partial charge in [0.1, 0.15) is 12.1 Å². The van der Waals surface area contributed by atoms with Crippen molar-refractivity contribution in [3.8, 4) is 5.75 Å². The maximum Gasteiger partial charge on any atom is 0.300 e. The SMILES string of the molecule is CC(=O)O.NCCCOc1cc(Cl)ccc1C(=O)N1CCN(c2ncn[nH]2)CC1. The van der Waals surface area contributed by atoms with Gasteiger partial charge in [0.25, 0.3) is 11.9 Å². The number of nitrogens with zero attached hydrogens (tertiary/aromatic N) is 4. The fourth-order valence-electron chi connectivity index (χ4n) is 2.70. The molecule has 4 N–H and O–H groups in total. The number of benzene rings is 1. The largest absolute Gasteiger partial charge is 0.493 e. The smallest absolute Gasteiger partial charge is 0.300 e. The second kappa shape index (κ2) is 11.2. The highest BCUT2D eigenvalue weighted by Gasteiger charge is 2.25. The van der Waals surface area contributed by atoms with Crippen LogP contribution in [0.4, 0.5) is 5.95 Å². The molecule has 0 bridgehead atoms. The fourth-order valence-corrected chi connectivity index (χ4v) is 2.86. The number of nitrogens with one attached hydrogen (secondary N) is 1. The van der Waals surface area contributed by atoms with E-state index in [4.69, 9.17) is 32.0 Å². The molecule has 1 aliphatic heterocycles. The molecule has 1 fully saturated rings. The Labute approximate surface area is 173 Å². The van der Waals surface area contributed by atoms with E-state index in [1.54, 1.807) is 18.2 Å². The van der Waals surface area contributed by atoms with Crippen molar-refractivity contribution in [3.05, 3.63) is 35.1 Å². The van der Waals surface area contributed by atoms with E-state index in [9.17, 15) is 4.79 Å². The number of piperazine rings is 1. The van der Waals surface area contributed by atoms with Crippen molar-refractivity contribution in [2.24, 2.45) is 5.73 Å². The second-order valence-corrected chi connectivity index (χ2v) is 6.67. The van der Waals surface area contributed by atoms with Crippen molar-refractivity contribution in [3.63, 3.8) is 0 Å². The molecular weight excluding hydrogens is 400 g/mol. The number of hydrogen-bond donors (Lipinski definition) is 3. The van der Waals surface area contributed by atoms with E-state index in [0.717, 1.165) is 19.3 Å². The van der Waals surface area contributed by atoms with Gasteiger partial charge in [0.2, 0.25) is 5.95 Å². The molecule has 1 aliphatic rings. The number of amides is 1. The van der Waals surface area contributed by atoms with E-state index in [1.807, 2.05) is 4.90 Å². The zero-order valence-corrected chi connectivity index (χ0v) is 16.9. The predicted molar refractivity (Wildman–Crippen MR) is 108 cm³/mol. The summed E-state index contributed by atoms with van der Waals surface area (Å²) in [6.07, 6.45) is 2.20. The molecule has 1 aromatic carbocycles. The number of aliphatic carboxylic acids is 1. The van der Waals surface area contributed by atoms with E-state index < -0.39 is 5.97 Å². The third kappa shape index (κ3) is 6.91. The van der Waals surface area contributed by atoms with Gasteiger partial charge in [0.05, 0.1) is 12.2 Å². The molecule has 2 heterocycles. The maximum atomic E-state index is 12.9. The van der Waals surface area contributed by atoms with Crippen LogP contribution in [-0.2, 0) is 4.79 Å². The quantitative estimate of drug-likeness (QED) is 0.589. The number of nitrogens with two attached hydrogens (primary N) is 1. The van der Waals surface area contributed by atoms with Crippen molar-refractivity contribution in [2.45, 2.75) is 13.3 Å². The molecule has 29 heavy (non-hydrogen) atoms. The Balaban J connectivity index is 0.000000687. The van der Waals surface area contributed by atoms with Gasteiger partial charge in [-0.25, -0.2) is 5.10 Å². The van der Waals surface area contributed by atoms with Gasteiger partial charge in [-0.1, -0.05) is 11.6 Å². The van der Waals surface area contributed by atoms with Crippen molar-refractivity contribution in [1.29, 1.82) is 0 Å². The second-order valence-electron chi connectivity index (χ2n) is 6.24. The fraction of sp³-hybridized carbons (Fsp3) is 0.444. The number of carbonyl (C=O) groups excluding carboxylic acids is 1. The Kier molecular flexibility index (Phi) is 8.68. The zero-order valence-electron chi connectivity index (χ0n) is 16.2. The Morgan fingerprint density at radius 3 is 2.59 bits per heavy atom. The average molecular weight is 425 g/mol. The first-order valence-electron chi connectivity index (χ1n) is 9.14. The summed E-state index contributed by atoms with van der Waals surface area (Å²) in [6.45, 7) is 4.66. The van der Waals surface area contributed by atoms with Crippen LogP contribution in [0, 0.1) is 0 Å². The highest BCUT2D eigenvalue weighted by atomic mass is 35.5. The average Bonchev–Trinajstić information content (AvgIpc) is 3.22. The number of H-pyrrole nitrogens is 1. The summed E-state index contributed by atoms with van der Waals surface area (Å²) in [6, 6.07) is 5.09. The van der Waals surface area contributed by atoms with Crippen LogP contribution in [0.2, 0.25) is 5.02 Å². The minimum Gasteiger partial charge on any atom is -0.493 e. The number of ether oxygens (including phenoxy) is 1. The van der Waals surface area contributed by atoms with Crippen LogP contribution in [-0.4, -0.2) is 76.4 Å². The van der Waals surface area contributed by atoms with Gasteiger partial charge in [-0.15, -0.1) is 0 Å². The molecule has 11 heteroatoms. The molecule has 158 valence electrons. The van der Waals surface area contributed by atoms with E-state index in [1.165, 1.54) is 6.33 Å². The lowest BCUT2D eigenvalue weighted by Gasteiger charge is -2.34. The van der Waals surface area contributed by atoms with Gasteiger partial charge in [-0.3, -0.25) is 9.59 Å². The number of anilines is 1. The number of aromatic nitrogens is 3. The van der Waals surface area contributed by atoms with Gasteiger partial charge in [0, 0.05) is 38.1 Å². The van der Waals surface area contributed by atoms with Crippen molar-refractivity contribution < 1.29 is 19.4 Å². The van der Waals surface area contributed by atoms with Crippen LogP contribution in [0.1, 0.15) is 23.7 Å². The maximum absolute atomic E-state index is 12.9. The highest BCUT2D eigenvalue weighted by Crippen LogP contribution is 2.25. The topological polar surface area (TPSA) is 138 Å². The summed E-state index contributed by atoms with van der Waals surface area (Å²) in [5.74, 6) is 0.338. The molecule has 0 unspecified atom stereocenters. The molecule has 1 amide bonds. The van der Waals surface area contributed by atoms with Crippen LogP contribution in [0.15, 0.2) is 24.5 Å². The number of halogens is 1. The summed E-state index contributed by atoms with van der Waals surface area (Å²) in [5.41, 5.74) is 6.02. The molecule has 0 spiro atoms. The first-order chi connectivity index (χ1) is 13.9. The Bertz CT molecular complexity index is 790. The molecule has 0 atom stereocenters. The van der Waals surface area contributed by atoms with Crippen LogP contribution in [0.5, 0.6) is 5.75 Å². The van der Waals surface area contributed by atoms with Crippen LogP contribution in [0.25, 0.3) is 0 Å². The monoisotopic (exact) mass is 424 g/mol. The Morgan fingerprint density at radius 1 is 1.31 bits per heavy atom. The number of aromatic amines is 1. The molecule has 10 nitrogen and oxygen atoms in total. The summed E-state index contributed by atoms with van der Waals surface area (Å²) >= 11 is 6.04. The van der Waals surface area contributed by atoms with Gasteiger partial charge in [-0.2, -0.15) is 10.1 Å². The standard InChI is InChI=1S/C16H21ClN6O2.C2H4O2/c17-12-2-3-13(14(10-12)25-9-1-4-18)15(24)22-5-7-23(8-6-22)16-19-11-20-21-16;1-2(3)4/h2-3,10-11H,1,4-9,18H2,(H,19,20,21);1H3,(H,3,4). The van der Waals surface area contributed by atoms with Gasteiger partial charge in [0.15, 0.2) is 0 Å². The number of rotatable bonds is 6. The molecule has 0 saturated carbocycles. The minimum atomic E-state index is -0.833. The molecule has 1 aromatic heterocycles. The van der Waals surface area contributed by atoms with Crippen LogP contribution >= 0.6 is 11.6 Å².